The predicted molar refractivity (Wildman–Crippen MR) is 114 cm³/mol. The molecule has 0 bridgehead atoms. The van der Waals surface area contributed by atoms with E-state index in [1.165, 1.54) is 10.7 Å². The van der Waals surface area contributed by atoms with Crippen LogP contribution in [0.1, 0.15) is 29.9 Å². The Kier molecular flexibility index (Phi) is 3.37. The molecule has 0 aliphatic carbocycles. The molecule has 6 rings (SSSR count). The Labute approximate surface area is 180 Å². The molecule has 0 radical (unpaired) electrons. The molecule has 1 fully saturated rings. The van der Waals surface area contributed by atoms with E-state index in [1.807, 2.05) is 29.2 Å². The molecule has 31 heavy (non-hydrogen) atoms. The van der Waals surface area contributed by atoms with Crippen molar-refractivity contribution >= 4 is 28.9 Å². The quantitative estimate of drug-likeness (QED) is 0.491. The number of halogens is 1. The minimum Gasteiger partial charge on any atom is -0.368 e. The third kappa shape index (κ3) is 2.14. The van der Waals surface area contributed by atoms with Crippen molar-refractivity contribution in [3.8, 4) is 11.8 Å². The number of benzene rings is 1. The van der Waals surface area contributed by atoms with Crippen molar-refractivity contribution < 1.29 is 0 Å². The maximum atomic E-state index is 13.5. The summed E-state index contributed by atoms with van der Waals surface area (Å²) in [5, 5.41) is 14.7. The van der Waals surface area contributed by atoms with E-state index in [1.54, 1.807) is 16.8 Å². The smallest absolute Gasteiger partial charge is 0.284 e. The zero-order valence-electron chi connectivity index (χ0n) is 16.3. The first-order chi connectivity index (χ1) is 14.9. The summed E-state index contributed by atoms with van der Waals surface area (Å²) >= 11 is 6.28. The average Bonchev–Trinajstić information content (AvgIpc) is 3.12. The van der Waals surface area contributed by atoms with Crippen molar-refractivity contribution in [3.05, 3.63) is 75.1 Å². The minimum atomic E-state index is -0.340. The van der Waals surface area contributed by atoms with Crippen molar-refractivity contribution in [1.29, 1.82) is 5.26 Å². The van der Waals surface area contributed by atoms with Crippen molar-refractivity contribution in [3.63, 3.8) is 0 Å². The number of aromatic nitrogens is 5. The number of anilines is 2. The van der Waals surface area contributed by atoms with E-state index in [0.717, 1.165) is 11.3 Å². The molecule has 2 atom stereocenters. The highest BCUT2D eigenvalue weighted by Gasteiger charge is 2.57. The lowest BCUT2D eigenvalue weighted by Crippen LogP contribution is -2.64. The first-order valence-corrected chi connectivity index (χ1v) is 10.0. The number of fused-ring (bicyclic) bond motifs is 7. The van der Waals surface area contributed by atoms with Gasteiger partial charge in [0.2, 0.25) is 5.95 Å². The maximum Gasteiger partial charge on any atom is 0.284 e. The van der Waals surface area contributed by atoms with Gasteiger partial charge < -0.3 is 10.6 Å². The standard InChI is InChI=1S/C21H15ClN8O/c1-21-10-28(17-11(8-23)9-25-20(24)26-17)16(21)18-27-29-7-6-13(22)15(29)19(31)30(18)14-5-3-2-4-12(14)21/h2-7,9,16H,10H2,1H3,(H2,24,25,26). The average molecular weight is 431 g/mol. The van der Waals surface area contributed by atoms with E-state index in [2.05, 4.69) is 23.0 Å². The van der Waals surface area contributed by atoms with Crippen LogP contribution in [0, 0.1) is 11.3 Å². The zero-order chi connectivity index (χ0) is 21.5. The summed E-state index contributed by atoms with van der Waals surface area (Å²) in [5.41, 5.74) is 7.69. The number of hydrogen-bond acceptors (Lipinski definition) is 7. The van der Waals surface area contributed by atoms with Crippen LogP contribution < -0.4 is 16.2 Å². The Morgan fingerprint density at radius 2 is 2.13 bits per heavy atom. The molecule has 5 heterocycles. The molecule has 3 aromatic heterocycles. The van der Waals surface area contributed by atoms with E-state index < -0.39 is 0 Å². The Hall–Kier alpha value is -3.90. The van der Waals surface area contributed by atoms with Crippen molar-refractivity contribution in [1.82, 2.24) is 24.1 Å². The molecule has 4 aromatic rings. The first-order valence-electron chi connectivity index (χ1n) is 9.63. The SMILES string of the molecule is CC12CN(c3nc(N)ncc3C#N)C1c1nn3ccc(Cl)c3c(=O)n1-c1ccccc12. The van der Waals surface area contributed by atoms with Crippen molar-refractivity contribution in [2.75, 3.05) is 17.2 Å². The fourth-order valence-electron chi connectivity index (χ4n) is 4.91. The number of nitrogen functional groups attached to an aromatic ring is 1. The number of hydrogen-bond donors (Lipinski definition) is 1. The second-order valence-electron chi connectivity index (χ2n) is 8.00. The van der Waals surface area contributed by atoms with Crippen LogP contribution in [0.5, 0.6) is 0 Å². The summed E-state index contributed by atoms with van der Waals surface area (Å²) in [4.78, 5) is 23.8. The van der Waals surface area contributed by atoms with Crippen LogP contribution in [0.4, 0.5) is 11.8 Å². The lowest BCUT2D eigenvalue weighted by atomic mass is 9.65. The van der Waals surface area contributed by atoms with Crippen LogP contribution in [0.2, 0.25) is 5.02 Å². The van der Waals surface area contributed by atoms with Gasteiger partial charge in [0, 0.05) is 18.2 Å². The van der Waals surface area contributed by atoms with Gasteiger partial charge in [0.05, 0.1) is 16.9 Å². The van der Waals surface area contributed by atoms with Crippen molar-refractivity contribution in [2.45, 2.75) is 18.4 Å². The third-order valence-electron chi connectivity index (χ3n) is 6.26. The van der Waals surface area contributed by atoms with Gasteiger partial charge in [-0.2, -0.15) is 15.3 Å². The number of rotatable bonds is 1. The minimum absolute atomic E-state index is 0.0804. The highest BCUT2D eigenvalue weighted by atomic mass is 35.5. The summed E-state index contributed by atoms with van der Waals surface area (Å²) in [6.07, 6.45) is 3.09. The molecule has 2 aliphatic heterocycles. The molecule has 152 valence electrons. The van der Waals surface area contributed by atoms with Crippen LogP contribution >= 0.6 is 11.6 Å². The molecule has 0 amide bonds. The number of nitrogens with zero attached hydrogens (tertiary/aromatic N) is 7. The topological polar surface area (TPSA) is 118 Å². The second kappa shape index (κ2) is 5.83. The summed E-state index contributed by atoms with van der Waals surface area (Å²) in [5.74, 6) is 1.07. The van der Waals surface area contributed by atoms with Crippen LogP contribution in [0.15, 0.2) is 47.5 Å². The summed E-state index contributed by atoms with van der Waals surface area (Å²) in [6, 6.07) is 11.3. The maximum absolute atomic E-state index is 13.5. The second-order valence-corrected chi connectivity index (χ2v) is 8.41. The van der Waals surface area contributed by atoms with Gasteiger partial charge in [0.15, 0.2) is 11.6 Å². The number of para-hydroxylation sites is 1. The molecule has 1 aromatic carbocycles. The van der Waals surface area contributed by atoms with E-state index in [-0.39, 0.29) is 23.0 Å². The van der Waals surface area contributed by atoms with Gasteiger partial charge in [-0.15, -0.1) is 0 Å². The number of nitriles is 1. The van der Waals surface area contributed by atoms with Crippen molar-refractivity contribution in [2.24, 2.45) is 0 Å². The molecular formula is C21H15ClN8O. The number of nitrogens with two attached hydrogens (primary N) is 1. The van der Waals surface area contributed by atoms with Gasteiger partial charge >= 0.3 is 0 Å². The monoisotopic (exact) mass is 430 g/mol. The fraction of sp³-hybridized carbons (Fsp3) is 0.190. The fourth-order valence-corrected chi connectivity index (χ4v) is 5.13. The Morgan fingerprint density at radius 3 is 2.94 bits per heavy atom. The zero-order valence-corrected chi connectivity index (χ0v) is 17.1. The van der Waals surface area contributed by atoms with Gasteiger partial charge in [0.1, 0.15) is 23.2 Å². The molecule has 2 aliphatic rings. The predicted octanol–water partition coefficient (Wildman–Crippen LogP) is 2.22. The molecule has 2 N–H and O–H groups in total. The highest BCUT2D eigenvalue weighted by Crippen LogP contribution is 2.55. The van der Waals surface area contributed by atoms with Crippen LogP contribution in [-0.4, -0.2) is 30.7 Å². The van der Waals surface area contributed by atoms with E-state index in [4.69, 9.17) is 22.4 Å². The van der Waals surface area contributed by atoms with Gasteiger partial charge in [-0.3, -0.25) is 9.36 Å². The largest absolute Gasteiger partial charge is 0.368 e. The van der Waals surface area contributed by atoms with Gasteiger partial charge in [-0.25, -0.2) is 9.50 Å². The lowest BCUT2D eigenvalue weighted by Gasteiger charge is -2.58. The van der Waals surface area contributed by atoms with Crippen LogP contribution in [0.25, 0.3) is 11.2 Å². The first kappa shape index (κ1) is 17.9. The molecule has 2 unspecified atom stereocenters. The van der Waals surface area contributed by atoms with Gasteiger partial charge in [0.25, 0.3) is 5.56 Å². The van der Waals surface area contributed by atoms with E-state index >= 15 is 0 Å². The van der Waals surface area contributed by atoms with Gasteiger partial charge in [-0.1, -0.05) is 36.7 Å². The van der Waals surface area contributed by atoms with E-state index in [0.29, 0.717) is 34.3 Å². The summed E-state index contributed by atoms with van der Waals surface area (Å²) < 4.78 is 3.13. The van der Waals surface area contributed by atoms with Crippen LogP contribution in [-0.2, 0) is 5.41 Å². The molecule has 1 saturated heterocycles. The molecule has 9 nitrogen and oxygen atoms in total. The molecule has 10 heteroatoms. The summed E-state index contributed by atoms with van der Waals surface area (Å²) in [6.45, 7) is 2.71. The van der Waals surface area contributed by atoms with Gasteiger partial charge in [-0.05, 0) is 17.7 Å². The Bertz CT molecular complexity index is 1520. The third-order valence-corrected chi connectivity index (χ3v) is 6.57. The van der Waals surface area contributed by atoms with Crippen LogP contribution in [0.3, 0.4) is 0 Å². The molecular weight excluding hydrogens is 416 g/mol. The summed E-state index contributed by atoms with van der Waals surface area (Å²) in [7, 11) is 0. The normalized spacial score (nSPS) is 21.1. The lowest BCUT2D eigenvalue weighted by molar-refractivity contribution is 0.226. The Morgan fingerprint density at radius 1 is 1.32 bits per heavy atom. The molecule has 0 spiro atoms. The molecule has 0 saturated carbocycles. The highest BCUT2D eigenvalue weighted by molar-refractivity contribution is 6.33. The van der Waals surface area contributed by atoms with E-state index in [9.17, 15) is 10.1 Å². The Balaban J connectivity index is 1.67.